The van der Waals surface area contributed by atoms with Crippen LogP contribution < -0.4 is 11.3 Å². The Labute approximate surface area is 154 Å². The first kappa shape index (κ1) is 17.2. The maximum Gasteiger partial charge on any atom is 0.351 e. The monoisotopic (exact) mass is 378 g/mol. The number of carboxylic acid groups (broad SMARTS) is 2. The normalized spacial score (nSPS) is 11.0. The van der Waals surface area contributed by atoms with Crippen molar-refractivity contribution in [3.63, 3.8) is 0 Å². The van der Waals surface area contributed by atoms with Crippen molar-refractivity contribution in [2.75, 3.05) is 0 Å². The molecule has 0 radical (unpaired) electrons. The minimum atomic E-state index is -1.46. The van der Waals surface area contributed by atoms with E-state index in [0.29, 0.717) is 5.56 Å². The summed E-state index contributed by atoms with van der Waals surface area (Å²) >= 11 is 0. The molecule has 0 saturated heterocycles. The van der Waals surface area contributed by atoms with Crippen molar-refractivity contribution in [2.45, 2.75) is 0 Å². The third-order valence-electron chi connectivity index (χ3n) is 4.24. The lowest BCUT2D eigenvalue weighted by Gasteiger charge is -2.10. The van der Waals surface area contributed by atoms with Crippen LogP contribution in [0.3, 0.4) is 0 Å². The Morgan fingerprint density at radius 3 is 1.61 bits per heavy atom. The van der Waals surface area contributed by atoms with E-state index in [4.69, 9.17) is 8.83 Å². The van der Waals surface area contributed by atoms with Crippen molar-refractivity contribution in [1.29, 1.82) is 0 Å². The highest BCUT2D eigenvalue weighted by Gasteiger charge is 2.21. The number of hydrogen-bond donors (Lipinski definition) is 2. The van der Waals surface area contributed by atoms with Crippen molar-refractivity contribution >= 4 is 33.9 Å². The van der Waals surface area contributed by atoms with Gasteiger partial charge in [0, 0.05) is 10.8 Å². The summed E-state index contributed by atoms with van der Waals surface area (Å²) in [7, 11) is 0. The Kier molecular flexibility index (Phi) is 3.82. The standard InChI is InChI=1S/C20H10O8/c21-17(22)12-7-10-6-11-8-13(18(23)24)20(26)28-16(11)14(15(10)27-19(12)25)9-4-2-1-3-5-9/h1-8H,(H,21,22)(H,23,24). The Balaban J connectivity index is 2.25. The predicted molar refractivity (Wildman–Crippen MR) is 97.9 cm³/mol. The lowest BCUT2D eigenvalue weighted by molar-refractivity contribution is 0.0681. The van der Waals surface area contributed by atoms with E-state index in [9.17, 15) is 29.4 Å². The summed E-state index contributed by atoms with van der Waals surface area (Å²) in [5.74, 6) is -2.91. The van der Waals surface area contributed by atoms with Gasteiger partial charge in [-0.3, -0.25) is 0 Å². The van der Waals surface area contributed by atoms with E-state index in [-0.39, 0.29) is 27.5 Å². The van der Waals surface area contributed by atoms with Gasteiger partial charge in [0.05, 0.1) is 5.56 Å². The average molecular weight is 378 g/mol. The van der Waals surface area contributed by atoms with Crippen LogP contribution in [0.5, 0.6) is 0 Å². The number of fused-ring (bicyclic) bond motifs is 2. The third-order valence-corrected chi connectivity index (χ3v) is 4.24. The molecule has 0 saturated carbocycles. The average Bonchev–Trinajstić information content (AvgIpc) is 2.66. The highest BCUT2D eigenvalue weighted by molar-refractivity contribution is 6.09. The third kappa shape index (κ3) is 2.64. The molecule has 2 aromatic heterocycles. The highest BCUT2D eigenvalue weighted by Crippen LogP contribution is 2.35. The van der Waals surface area contributed by atoms with E-state index in [1.54, 1.807) is 30.3 Å². The van der Waals surface area contributed by atoms with Crippen LogP contribution in [0.1, 0.15) is 20.7 Å². The molecular weight excluding hydrogens is 368 g/mol. The summed E-state index contributed by atoms with van der Waals surface area (Å²) in [6, 6.07) is 12.2. The highest BCUT2D eigenvalue weighted by atomic mass is 16.4. The molecule has 0 fully saturated rings. The Hall–Kier alpha value is -4.20. The number of hydrogen-bond acceptors (Lipinski definition) is 6. The molecule has 0 aliphatic carbocycles. The van der Waals surface area contributed by atoms with Gasteiger partial charge in [-0.25, -0.2) is 19.2 Å². The fourth-order valence-corrected chi connectivity index (χ4v) is 3.01. The molecule has 0 spiro atoms. The van der Waals surface area contributed by atoms with Gasteiger partial charge in [-0.2, -0.15) is 0 Å². The van der Waals surface area contributed by atoms with Gasteiger partial charge in [-0.1, -0.05) is 30.3 Å². The van der Waals surface area contributed by atoms with Gasteiger partial charge in [-0.15, -0.1) is 0 Å². The molecule has 28 heavy (non-hydrogen) atoms. The quantitative estimate of drug-likeness (QED) is 0.410. The van der Waals surface area contributed by atoms with Crippen LogP contribution in [0.2, 0.25) is 0 Å². The van der Waals surface area contributed by atoms with E-state index in [1.807, 2.05) is 0 Å². The van der Waals surface area contributed by atoms with Gasteiger partial charge in [0.2, 0.25) is 0 Å². The number of carbonyl (C=O) groups is 2. The van der Waals surface area contributed by atoms with Crippen molar-refractivity contribution in [1.82, 2.24) is 0 Å². The van der Waals surface area contributed by atoms with Crippen LogP contribution in [0, 0.1) is 0 Å². The predicted octanol–water partition coefficient (Wildman–Crippen LogP) is 2.96. The van der Waals surface area contributed by atoms with Crippen molar-refractivity contribution < 1.29 is 28.6 Å². The zero-order chi connectivity index (χ0) is 20.0. The van der Waals surface area contributed by atoms with Crippen LogP contribution in [0.15, 0.2) is 67.0 Å². The molecule has 0 amide bonds. The molecule has 2 N–H and O–H groups in total. The molecule has 2 heterocycles. The molecule has 0 atom stereocenters. The first-order chi connectivity index (χ1) is 13.4. The fraction of sp³-hybridized carbons (Fsp3) is 0. The summed E-state index contributed by atoms with van der Waals surface area (Å²) in [5, 5.41) is 18.8. The molecule has 4 aromatic rings. The summed E-state index contributed by atoms with van der Waals surface area (Å²) in [5.41, 5.74) is -2.41. The molecule has 0 aliphatic rings. The van der Waals surface area contributed by atoms with Crippen LogP contribution in [-0.2, 0) is 0 Å². The smallest absolute Gasteiger partial charge is 0.351 e. The van der Waals surface area contributed by atoms with Gasteiger partial charge in [0.25, 0.3) is 0 Å². The van der Waals surface area contributed by atoms with Crippen LogP contribution in [0.25, 0.3) is 33.1 Å². The van der Waals surface area contributed by atoms with Crippen LogP contribution >= 0.6 is 0 Å². The molecule has 0 unspecified atom stereocenters. The topological polar surface area (TPSA) is 135 Å². The van der Waals surface area contributed by atoms with Gasteiger partial charge < -0.3 is 19.0 Å². The maximum atomic E-state index is 12.1. The molecule has 8 nitrogen and oxygen atoms in total. The fourth-order valence-electron chi connectivity index (χ4n) is 3.01. The second-order valence-electron chi connectivity index (χ2n) is 5.96. The minimum Gasteiger partial charge on any atom is -0.477 e. The molecule has 0 aliphatic heterocycles. The van der Waals surface area contributed by atoms with Crippen LogP contribution in [-0.4, -0.2) is 22.2 Å². The van der Waals surface area contributed by atoms with E-state index < -0.39 is 34.3 Å². The molecule has 138 valence electrons. The first-order valence-electron chi connectivity index (χ1n) is 7.97. The molecule has 8 heteroatoms. The van der Waals surface area contributed by atoms with Crippen LogP contribution in [0.4, 0.5) is 0 Å². The SMILES string of the molecule is O=C(O)c1cc2cc3cc(C(=O)O)c(=O)oc3c(-c3ccccc3)c2oc1=O. The summed E-state index contributed by atoms with van der Waals surface area (Å²) < 4.78 is 10.5. The van der Waals surface area contributed by atoms with E-state index in [1.165, 1.54) is 6.07 Å². The largest absolute Gasteiger partial charge is 0.477 e. The zero-order valence-corrected chi connectivity index (χ0v) is 14.0. The lowest BCUT2D eigenvalue weighted by atomic mass is 9.98. The summed E-state index contributed by atoms with van der Waals surface area (Å²) in [6.45, 7) is 0. The minimum absolute atomic E-state index is 0.0277. The van der Waals surface area contributed by atoms with Gasteiger partial charge in [0.1, 0.15) is 22.3 Å². The number of rotatable bonds is 3. The summed E-state index contributed by atoms with van der Waals surface area (Å²) in [6.07, 6.45) is 0. The van der Waals surface area contributed by atoms with Gasteiger partial charge in [0.15, 0.2) is 0 Å². The van der Waals surface area contributed by atoms with Crippen molar-refractivity contribution in [3.8, 4) is 11.1 Å². The molecule has 2 aromatic carbocycles. The molecule has 4 rings (SSSR count). The number of aromatic carboxylic acids is 2. The van der Waals surface area contributed by atoms with Gasteiger partial charge in [-0.05, 0) is 23.8 Å². The first-order valence-corrected chi connectivity index (χ1v) is 7.97. The van der Waals surface area contributed by atoms with Gasteiger partial charge >= 0.3 is 23.2 Å². The zero-order valence-electron chi connectivity index (χ0n) is 14.0. The lowest BCUT2D eigenvalue weighted by Crippen LogP contribution is -2.14. The molecule has 0 bridgehead atoms. The Morgan fingerprint density at radius 2 is 1.18 bits per heavy atom. The van der Waals surface area contributed by atoms with Crippen molar-refractivity contribution in [3.05, 3.63) is 80.5 Å². The van der Waals surface area contributed by atoms with E-state index in [2.05, 4.69) is 0 Å². The Morgan fingerprint density at radius 1 is 0.714 bits per heavy atom. The maximum absolute atomic E-state index is 12.1. The van der Waals surface area contributed by atoms with E-state index in [0.717, 1.165) is 12.1 Å². The molecular formula is C20H10O8. The number of benzene rings is 2. The van der Waals surface area contributed by atoms with E-state index >= 15 is 0 Å². The summed E-state index contributed by atoms with van der Waals surface area (Å²) in [4.78, 5) is 46.7. The number of carboxylic acids is 2. The Bertz CT molecular complexity index is 1310. The second kappa shape index (κ2) is 6.20. The van der Waals surface area contributed by atoms with Crippen molar-refractivity contribution in [2.24, 2.45) is 0 Å². The second-order valence-corrected chi connectivity index (χ2v) is 5.96.